The van der Waals surface area contributed by atoms with Crippen molar-refractivity contribution in [3.8, 4) is 5.75 Å². The average Bonchev–Trinajstić information content (AvgIpc) is 2.01. The lowest BCUT2D eigenvalue weighted by Crippen LogP contribution is -2.35. The Kier molecular flexibility index (Phi) is 2.71. The van der Waals surface area contributed by atoms with Gasteiger partial charge in [0.25, 0.3) is 0 Å². The summed E-state index contributed by atoms with van der Waals surface area (Å²) < 4.78 is 0. The highest BCUT2D eigenvalue weighted by atomic mass is 16.4. The molecular weight excluding hydrogens is 184 g/mol. The zero-order chi connectivity index (χ0) is 10.8. The highest BCUT2D eigenvalue weighted by molar-refractivity contribution is 5.68. The van der Waals surface area contributed by atoms with Crippen molar-refractivity contribution in [2.45, 2.75) is 18.9 Å². The summed E-state index contributed by atoms with van der Waals surface area (Å²) >= 11 is 0. The normalized spacial score (nSPS) is 14.7. The van der Waals surface area contributed by atoms with Crippen molar-refractivity contribution in [2.75, 3.05) is 0 Å². The van der Waals surface area contributed by atoms with Gasteiger partial charge in [0.1, 0.15) is 5.75 Å². The van der Waals surface area contributed by atoms with E-state index in [4.69, 9.17) is 15.9 Å². The van der Waals surface area contributed by atoms with E-state index in [1.807, 2.05) is 0 Å². The molecule has 0 bridgehead atoms. The highest BCUT2D eigenvalue weighted by Crippen LogP contribution is 2.23. The van der Waals surface area contributed by atoms with Gasteiger partial charge in [-0.2, -0.15) is 0 Å². The Labute approximate surface area is 81.2 Å². The number of carboxylic acid groups (broad SMARTS) is 1. The molecule has 4 N–H and O–H groups in total. The number of hydrogen-bond acceptors (Lipinski definition) is 4. The number of carbonyl (C=O) groups is 1. The van der Waals surface area contributed by atoms with Crippen LogP contribution < -0.4 is 5.73 Å². The summed E-state index contributed by atoms with van der Waals surface area (Å²) in [5.74, 6) is -1.01. The molecule has 0 aromatic carbocycles. The second-order valence-corrected chi connectivity index (χ2v) is 3.42. The fourth-order valence-corrected chi connectivity index (χ4v) is 1.16. The summed E-state index contributed by atoms with van der Waals surface area (Å²) in [7, 11) is 0. The molecule has 1 aromatic heterocycles. The van der Waals surface area contributed by atoms with Crippen LogP contribution in [0.1, 0.15) is 18.9 Å². The lowest BCUT2D eigenvalue weighted by Gasteiger charge is -2.22. The largest absolute Gasteiger partial charge is 0.506 e. The van der Waals surface area contributed by atoms with Gasteiger partial charge in [0.15, 0.2) is 0 Å². The van der Waals surface area contributed by atoms with Crippen molar-refractivity contribution in [3.05, 3.63) is 24.0 Å². The van der Waals surface area contributed by atoms with Gasteiger partial charge < -0.3 is 15.9 Å². The number of rotatable bonds is 3. The van der Waals surface area contributed by atoms with E-state index in [2.05, 4.69) is 4.98 Å². The monoisotopic (exact) mass is 196 g/mol. The minimum absolute atomic E-state index is 0.0236. The first-order chi connectivity index (χ1) is 6.42. The van der Waals surface area contributed by atoms with Crippen LogP contribution in [-0.2, 0) is 10.3 Å². The number of pyridine rings is 1. The van der Waals surface area contributed by atoms with Crippen LogP contribution in [0.3, 0.4) is 0 Å². The van der Waals surface area contributed by atoms with Crippen LogP contribution >= 0.6 is 0 Å². The Morgan fingerprint density at radius 2 is 2.29 bits per heavy atom. The Hall–Kier alpha value is -1.62. The predicted octanol–water partition coefficient (Wildman–Crippen LogP) is 0.436. The maximum absolute atomic E-state index is 10.5. The molecule has 0 radical (unpaired) electrons. The van der Waals surface area contributed by atoms with Crippen LogP contribution in [0.4, 0.5) is 0 Å². The predicted molar refractivity (Wildman–Crippen MR) is 49.7 cm³/mol. The van der Waals surface area contributed by atoms with Crippen molar-refractivity contribution < 1.29 is 15.0 Å². The molecule has 0 aliphatic heterocycles. The van der Waals surface area contributed by atoms with Crippen molar-refractivity contribution in [3.63, 3.8) is 0 Å². The summed E-state index contributed by atoms with van der Waals surface area (Å²) in [4.78, 5) is 14.2. The Morgan fingerprint density at radius 3 is 2.79 bits per heavy atom. The summed E-state index contributed by atoms with van der Waals surface area (Å²) in [6, 6.07) is 1.41. The molecule has 0 saturated carbocycles. The Bertz CT molecular complexity index is 350. The number of aromatic hydroxyl groups is 1. The molecule has 5 nitrogen and oxygen atoms in total. The molecule has 1 heterocycles. The van der Waals surface area contributed by atoms with Gasteiger partial charge in [0.2, 0.25) is 0 Å². The minimum atomic E-state index is -1.02. The van der Waals surface area contributed by atoms with Crippen LogP contribution in [0.5, 0.6) is 5.75 Å². The van der Waals surface area contributed by atoms with Gasteiger partial charge >= 0.3 is 5.97 Å². The van der Waals surface area contributed by atoms with Crippen LogP contribution in [0.2, 0.25) is 0 Å². The van der Waals surface area contributed by atoms with Gasteiger partial charge in [-0.25, -0.2) is 0 Å². The van der Waals surface area contributed by atoms with E-state index in [1.54, 1.807) is 6.92 Å². The number of nitrogens with zero attached hydrogens (tertiary/aromatic N) is 1. The van der Waals surface area contributed by atoms with Crippen molar-refractivity contribution >= 4 is 5.97 Å². The molecule has 1 aromatic rings. The zero-order valence-corrected chi connectivity index (χ0v) is 7.77. The molecule has 0 amide bonds. The molecule has 14 heavy (non-hydrogen) atoms. The molecule has 0 spiro atoms. The maximum atomic E-state index is 10.5. The number of aromatic nitrogens is 1. The average molecular weight is 196 g/mol. The van der Waals surface area contributed by atoms with E-state index in [-0.39, 0.29) is 12.2 Å². The SMILES string of the molecule is C[C@@](N)(CC(=O)O)c1cncc(O)c1. The molecule has 0 unspecified atom stereocenters. The van der Waals surface area contributed by atoms with E-state index in [0.717, 1.165) is 0 Å². The van der Waals surface area contributed by atoms with E-state index in [0.29, 0.717) is 5.56 Å². The highest BCUT2D eigenvalue weighted by Gasteiger charge is 2.25. The third-order valence-corrected chi connectivity index (χ3v) is 1.90. The van der Waals surface area contributed by atoms with Gasteiger partial charge in [-0.15, -0.1) is 0 Å². The Balaban J connectivity index is 2.97. The molecule has 76 valence electrons. The molecule has 5 heteroatoms. The summed E-state index contributed by atoms with van der Waals surface area (Å²) in [6.45, 7) is 1.58. The first-order valence-electron chi connectivity index (χ1n) is 4.07. The summed E-state index contributed by atoms with van der Waals surface area (Å²) in [5.41, 5.74) is 5.26. The second-order valence-electron chi connectivity index (χ2n) is 3.42. The van der Waals surface area contributed by atoms with E-state index in [1.165, 1.54) is 18.5 Å². The number of nitrogens with two attached hydrogens (primary N) is 1. The first-order valence-corrected chi connectivity index (χ1v) is 4.07. The molecule has 0 aliphatic rings. The van der Waals surface area contributed by atoms with Crippen LogP contribution in [0, 0.1) is 0 Å². The topological polar surface area (TPSA) is 96.4 Å². The Morgan fingerprint density at radius 1 is 1.64 bits per heavy atom. The third-order valence-electron chi connectivity index (χ3n) is 1.90. The molecule has 0 saturated heterocycles. The van der Waals surface area contributed by atoms with Crippen molar-refractivity contribution in [1.82, 2.24) is 4.98 Å². The van der Waals surface area contributed by atoms with Gasteiger partial charge in [-0.3, -0.25) is 9.78 Å². The second kappa shape index (κ2) is 3.63. The van der Waals surface area contributed by atoms with E-state index < -0.39 is 11.5 Å². The number of aliphatic carboxylic acids is 1. The maximum Gasteiger partial charge on any atom is 0.305 e. The van der Waals surface area contributed by atoms with Gasteiger partial charge in [-0.1, -0.05) is 0 Å². The smallest absolute Gasteiger partial charge is 0.305 e. The quantitative estimate of drug-likeness (QED) is 0.651. The fraction of sp³-hybridized carbons (Fsp3) is 0.333. The lowest BCUT2D eigenvalue weighted by atomic mass is 9.91. The van der Waals surface area contributed by atoms with E-state index in [9.17, 15) is 4.79 Å². The standard InChI is InChI=1S/C9H12N2O3/c1-9(10,3-8(13)14)6-2-7(12)5-11-4-6/h2,4-5,12H,3,10H2,1H3,(H,13,14)/t9-/m1/s1. The van der Waals surface area contributed by atoms with Crippen LogP contribution in [-0.4, -0.2) is 21.2 Å². The number of carboxylic acids is 1. The first kappa shape index (κ1) is 10.5. The molecule has 1 rings (SSSR count). The molecular formula is C9H12N2O3. The van der Waals surface area contributed by atoms with Gasteiger partial charge in [-0.05, 0) is 18.6 Å². The van der Waals surface area contributed by atoms with Crippen LogP contribution in [0.15, 0.2) is 18.5 Å². The molecule has 0 aliphatic carbocycles. The lowest BCUT2D eigenvalue weighted by molar-refractivity contribution is -0.138. The van der Waals surface area contributed by atoms with Gasteiger partial charge in [0.05, 0.1) is 18.2 Å². The van der Waals surface area contributed by atoms with Crippen molar-refractivity contribution in [2.24, 2.45) is 5.73 Å². The summed E-state index contributed by atoms with van der Waals surface area (Å²) in [6.07, 6.45) is 2.50. The van der Waals surface area contributed by atoms with Gasteiger partial charge in [0, 0.05) is 6.20 Å². The minimum Gasteiger partial charge on any atom is -0.506 e. The van der Waals surface area contributed by atoms with Crippen LogP contribution in [0.25, 0.3) is 0 Å². The van der Waals surface area contributed by atoms with E-state index >= 15 is 0 Å². The number of hydrogen-bond donors (Lipinski definition) is 3. The molecule has 1 atom stereocenters. The summed E-state index contributed by atoms with van der Waals surface area (Å²) in [5, 5.41) is 17.8. The third kappa shape index (κ3) is 2.43. The van der Waals surface area contributed by atoms with Crippen molar-refractivity contribution in [1.29, 1.82) is 0 Å². The molecule has 0 fully saturated rings. The zero-order valence-electron chi connectivity index (χ0n) is 7.77. The fourth-order valence-electron chi connectivity index (χ4n) is 1.16.